The fourth-order valence-electron chi connectivity index (χ4n) is 3.46. The summed E-state index contributed by atoms with van der Waals surface area (Å²) in [6, 6.07) is 10.1. The normalized spacial score (nSPS) is 17.0. The second-order valence-electron chi connectivity index (χ2n) is 7.03. The van der Waals surface area contributed by atoms with Gasteiger partial charge in [-0.2, -0.15) is 13.2 Å². The molecule has 0 bridgehead atoms. The van der Waals surface area contributed by atoms with Gasteiger partial charge in [0.1, 0.15) is 11.5 Å². The summed E-state index contributed by atoms with van der Waals surface area (Å²) in [6.45, 7) is 1.42. The predicted molar refractivity (Wildman–Crippen MR) is 106 cm³/mol. The van der Waals surface area contributed by atoms with Gasteiger partial charge in [-0.1, -0.05) is 12.1 Å². The van der Waals surface area contributed by atoms with Gasteiger partial charge in [0, 0.05) is 24.1 Å². The van der Waals surface area contributed by atoms with Crippen LogP contribution in [0.15, 0.2) is 48.7 Å². The highest BCUT2D eigenvalue weighted by molar-refractivity contribution is 6.05. The van der Waals surface area contributed by atoms with Crippen molar-refractivity contribution in [3.63, 3.8) is 0 Å². The molecule has 1 fully saturated rings. The molecular formula is C21H19F3N4O2. The van der Waals surface area contributed by atoms with Crippen LogP contribution in [0.4, 0.5) is 29.5 Å². The van der Waals surface area contributed by atoms with Crippen LogP contribution in [0, 0.1) is 0 Å². The Bertz CT molecular complexity index is 1070. The maximum absolute atomic E-state index is 12.8. The number of rotatable bonds is 3. The van der Waals surface area contributed by atoms with Crippen molar-refractivity contribution in [1.82, 2.24) is 9.97 Å². The molecule has 156 valence electrons. The molecule has 1 aliphatic rings. The molecule has 2 amide bonds. The number of anilines is 2. The number of halogens is 3. The fourth-order valence-corrected chi connectivity index (χ4v) is 3.46. The van der Waals surface area contributed by atoms with E-state index in [0.29, 0.717) is 17.8 Å². The molecule has 1 aliphatic heterocycles. The summed E-state index contributed by atoms with van der Waals surface area (Å²) in [6.07, 6.45) is -1.01. The van der Waals surface area contributed by atoms with Gasteiger partial charge in [0.25, 0.3) is 0 Å². The number of ether oxygens (including phenoxy) is 1. The van der Waals surface area contributed by atoms with E-state index in [1.54, 1.807) is 12.3 Å². The van der Waals surface area contributed by atoms with E-state index in [1.165, 1.54) is 12.1 Å². The summed E-state index contributed by atoms with van der Waals surface area (Å²) in [5, 5.41) is 5.77. The van der Waals surface area contributed by atoms with Crippen LogP contribution in [0.5, 0.6) is 0 Å². The van der Waals surface area contributed by atoms with Gasteiger partial charge in [0.05, 0.1) is 17.8 Å². The Morgan fingerprint density at radius 2 is 2.00 bits per heavy atom. The summed E-state index contributed by atoms with van der Waals surface area (Å²) in [5.41, 5.74) is 1.22. The molecule has 1 unspecified atom stereocenters. The van der Waals surface area contributed by atoms with Crippen LogP contribution in [0.25, 0.3) is 10.9 Å². The van der Waals surface area contributed by atoms with Crippen molar-refractivity contribution in [2.75, 3.05) is 23.8 Å². The van der Waals surface area contributed by atoms with Gasteiger partial charge in [-0.25, -0.2) is 9.78 Å². The minimum atomic E-state index is -4.59. The topological polar surface area (TPSA) is 76.1 Å². The lowest BCUT2D eigenvalue weighted by atomic mass is 9.92. The Morgan fingerprint density at radius 1 is 1.13 bits per heavy atom. The Morgan fingerprint density at radius 3 is 2.77 bits per heavy atom. The number of pyridine rings is 2. The predicted octanol–water partition coefficient (Wildman–Crippen LogP) is 5.19. The van der Waals surface area contributed by atoms with Crippen molar-refractivity contribution in [3.05, 3.63) is 59.9 Å². The molecule has 1 saturated heterocycles. The van der Waals surface area contributed by atoms with Gasteiger partial charge in [0.15, 0.2) is 0 Å². The van der Waals surface area contributed by atoms with Gasteiger partial charge in [-0.05, 0) is 48.7 Å². The highest BCUT2D eigenvalue weighted by Crippen LogP contribution is 2.31. The maximum atomic E-state index is 12.8. The monoisotopic (exact) mass is 416 g/mol. The minimum Gasteiger partial charge on any atom is -0.381 e. The average Bonchev–Trinajstić information content (AvgIpc) is 2.74. The number of urea groups is 1. The molecule has 2 aromatic heterocycles. The van der Waals surface area contributed by atoms with E-state index >= 15 is 0 Å². The molecule has 4 rings (SSSR count). The highest BCUT2D eigenvalue weighted by atomic mass is 19.4. The third kappa shape index (κ3) is 4.51. The van der Waals surface area contributed by atoms with Crippen molar-refractivity contribution in [2.45, 2.75) is 24.9 Å². The molecule has 6 nitrogen and oxygen atoms in total. The van der Waals surface area contributed by atoms with E-state index in [4.69, 9.17) is 4.74 Å². The number of alkyl halides is 3. The van der Waals surface area contributed by atoms with Gasteiger partial charge in [-0.15, -0.1) is 0 Å². The molecule has 3 aromatic rings. The van der Waals surface area contributed by atoms with E-state index in [2.05, 4.69) is 20.6 Å². The van der Waals surface area contributed by atoms with Crippen LogP contribution in [-0.2, 0) is 10.9 Å². The largest absolute Gasteiger partial charge is 0.433 e. The third-order valence-corrected chi connectivity index (χ3v) is 4.93. The van der Waals surface area contributed by atoms with E-state index in [9.17, 15) is 18.0 Å². The van der Waals surface area contributed by atoms with Crippen LogP contribution < -0.4 is 10.6 Å². The number of nitrogens with zero attached hydrogens (tertiary/aromatic N) is 2. The van der Waals surface area contributed by atoms with Crippen LogP contribution >= 0.6 is 0 Å². The quantitative estimate of drug-likeness (QED) is 0.616. The lowest BCUT2D eigenvalue weighted by Crippen LogP contribution is -2.21. The minimum absolute atomic E-state index is 0.194. The number of amides is 2. The lowest BCUT2D eigenvalue weighted by molar-refractivity contribution is -0.141. The highest BCUT2D eigenvalue weighted by Gasteiger charge is 2.32. The number of fused-ring (bicyclic) bond motifs is 1. The van der Waals surface area contributed by atoms with Crippen molar-refractivity contribution in [2.24, 2.45) is 0 Å². The first kappa shape index (κ1) is 20.1. The molecule has 0 radical (unpaired) electrons. The molecule has 1 atom stereocenters. The summed E-state index contributed by atoms with van der Waals surface area (Å²) < 4.78 is 44.0. The second-order valence-corrected chi connectivity index (χ2v) is 7.03. The van der Waals surface area contributed by atoms with Crippen LogP contribution in [-0.4, -0.2) is 29.2 Å². The number of carbonyl (C=O) groups excluding carboxylic acids is 1. The zero-order valence-electron chi connectivity index (χ0n) is 15.9. The standard InChI is InChI=1S/C21H19F3N4O2/c22-21(23,24)18-4-1-5-19(27-18)28-20(29)26-17-8-9-25-16-7-6-13(11-15(16)17)14-3-2-10-30-12-14/h1,4-9,11,14H,2-3,10,12H2,(H2,25,26,27,28,29). The summed E-state index contributed by atoms with van der Waals surface area (Å²) in [7, 11) is 0. The summed E-state index contributed by atoms with van der Waals surface area (Å²) in [4.78, 5) is 20.1. The number of nitrogens with one attached hydrogen (secondary N) is 2. The van der Waals surface area contributed by atoms with E-state index in [1.807, 2.05) is 18.2 Å². The van der Waals surface area contributed by atoms with E-state index < -0.39 is 17.9 Å². The van der Waals surface area contributed by atoms with Gasteiger partial charge < -0.3 is 10.1 Å². The third-order valence-electron chi connectivity index (χ3n) is 4.93. The number of benzene rings is 1. The first-order valence-corrected chi connectivity index (χ1v) is 9.49. The Balaban J connectivity index is 1.55. The SMILES string of the molecule is O=C(Nc1cccc(C(F)(F)F)n1)Nc1ccnc2ccc(C3CCCOC3)cc12. The molecule has 0 aliphatic carbocycles. The smallest absolute Gasteiger partial charge is 0.381 e. The molecule has 3 heterocycles. The Kier molecular flexibility index (Phi) is 5.54. The molecule has 2 N–H and O–H groups in total. The van der Waals surface area contributed by atoms with Gasteiger partial charge >= 0.3 is 12.2 Å². The molecule has 30 heavy (non-hydrogen) atoms. The van der Waals surface area contributed by atoms with Crippen LogP contribution in [0.2, 0.25) is 0 Å². The second kappa shape index (κ2) is 8.27. The maximum Gasteiger partial charge on any atom is 0.433 e. The zero-order chi connectivity index (χ0) is 21.1. The molecule has 9 heteroatoms. The Labute approximate surface area is 170 Å². The molecular weight excluding hydrogens is 397 g/mol. The zero-order valence-corrected chi connectivity index (χ0v) is 15.9. The first-order valence-electron chi connectivity index (χ1n) is 9.49. The summed E-state index contributed by atoms with van der Waals surface area (Å²) >= 11 is 0. The van der Waals surface area contributed by atoms with Crippen LogP contribution in [0.1, 0.15) is 30.0 Å². The number of aromatic nitrogens is 2. The van der Waals surface area contributed by atoms with Gasteiger partial charge in [-0.3, -0.25) is 10.3 Å². The molecule has 0 spiro atoms. The van der Waals surface area contributed by atoms with Crippen molar-refractivity contribution in [1.29, 1.82) is 0 Å². The number of hydrogen-bond donors (Lipinski definition) is 2. The Hall–Kier alpha value is -3.20. The molecule has 1 aromatic carbocycles. The average molecular weight is 416 g/mol. The summed E-state index contributed by atoms with van der Waals surface area (Å²) in [5.74, 6) is 0.0834. The fraction of sp³-hybridized carbons (Fsp3) is 0.286. The van der Waals surface area contributed by atoms with E-state index in [-0.39, 0.29) is 11.7 Å². The number of carbonyl (C=O) groups is 1. The molecule has 0 saturated carbocycles. The van der Waals surface area contributed by atoms with Crippen molar-refractivity contribution < 1.29 is 22.7 Å². The van der Waals surface area contributed by atoms with Crippen LogP contribution in [0.3, 0.4) is 0 Å². The van der Waals surface area contributed by atoms with Crippen molar-refractivity contribution in [3.8, 4) is 0 Å². The van der Waals surface area contributed by atoms with E-state index in [0.717, 1.165) is 36.5 Å². The lowest BCUT2D eigenvalue weighted by Gasteiger charge is -2.23. The number of hydrogen-bond acceptors (Lipinski definition) is 4. The van der Waals surface area contributed by atoms with Crippen molar-refractivity contribution >= 4 is 28.4 Å². The van der Waals surface area contributed by atoms with Gasteiger partial charge in [0.2, 0.25) is 0 Å². The first-order chi connectivity index (χ1) is 14.4.